The third-order valence-electron chi connectivity index (χ3n) is 2.68. The van der Waals surface area contributed by atoms with E-state index in [0.717, 1.165) is 17.0 Å². The number of anilines is 1. The Bertz CT molecular complexity index is 510. The van der Waals surface area contributed by atoms with Gasteiger partial charge in [0.1, 0.15) is 5.82 Å². The molecule has 0 saturated heterocycles. The molecule has 0 saturated carbocycles. The summed E-state index contributed by atoms with van der Waals surface area (Å²) in [6.45, 7) is 1.98. The van der Waals surface area contributed by atoms with Crippen LogP contribution in [0.25, 0.3) is 0 Å². The number of nitrogens with zero attached hydrogens (tertiary/aromatic N) is 2. The van der Waals surface area contributed by atoms with Crippen molar-refractivity contribution < 1.29 is 0 Å². The molecule has 0 bridgehead atoms. The van der Waals surface area contributed by atoms with E-state index in [-0.39, 0.29) is 6.04 Å². The molecule has 0 fully saturated rings. The van der Waals surface area contributed by atoms with Gasteiger partial charge in [0.05, 0.1) is 11.7 Å². The standard InChI is InChI=1S/C13H16N4/c1-9-5-3-7-11(17-9)12(15-2)10-6-4-8-16-13(10)14/h3-8,12,15H,1-2H3,(H2,14,16). The topological polar surface area (TPSA) is 63.8 Å². The average Bonchev–Trinajstić information content (AvgIpc) is 2.33. The molecule has 1 unspecified atom stereocenters. The maximum atomic E-state index is 5.89. The second kappa shape index (κ2) is 4.93. The van der Waals surface area contributed by atoms with Crippen LogP contribution in [0.4, 0.5) is 5.82 Å². The largest absolute Gasteiger partial charge is 0.383 e. The Morgan fingerprint density at radius 2 is 2.06 bits per heavy atom. The highest BCUT2D eigenvalue weighted by Gasteiger charge is 2.16. The fourth-order valence-electron chi connectivity index (χ4n) is 1.86. The Labute approximate surface area is 101 Å². The summed E-state index contributed by atoms with van der Waals surface area (Å²) in [5, 5.41) is 3.22. The van der Waals surface area contributed by atoms with Gasteiger partial charge in [-0.2, -0.15) is 0 Å². The first-order valence-electron chi connectivity index (χ1n) is 5.53. The van der Waals surface area contributed by atoms with Crippen molar-refractivity contribution in [3.63, 3.8) is 0 Å². The summed E-state index contributed by atoms with van der Waals surface area (Å²) in [7, 11) is 1.89. The Balaban J connectivity index is 2.44. The van der Waals surface area contributed by atoms with Crippen molar-refractivity contribution in [2.75, 3.05) is 12.8 Å². The van der Waals surface area contributed by atoms with Gasteiger partial charge in [0.15, 0.2) is 0 Å². The molecule has 88 valence electrons. The van der Waals surface area contributed by atoms with E-state index in [2.05, 4.69) is 15.3 Å². The summed E-state index contributed by atoms with van der Waals surface area (Å²) in [5.41, 5.74) is 8.79. The van der Waals surface area contributed by atoms with E-state index in [1.807, 2.05) is 44.3 Å². The van der Waals surface area contributed by atoms with Gasteiger partial charge in [0.2, 0.25) is 0 Å². The lowest BCUT2D eigenvalue weighted by Gasteiger charge is -2.17. The highest BCUT2D eigenvalue weighted by atomic mass is 14.9. The van der Waals surface area contributed by atoms with Gasteiger partial charge in [-0.3, -0.25) is 4.98 Å². The van der Waals surface area contributed by atoms with E-state index in [4.69, 9.17) is 5.73 Å². The monoisotopic (exact) mass is 228 g/mol. The van der Waals surface area contributed by atoms with Gasteiger partial charge < -0.3 is 11.1 Å². The van der Waals surface area contributed by atoms with Gasteiger partial charge in [-0.15, -0.1) is 0 Å². The maximum Gasteiger partial charge on any atom is 0.128 e. The van der Waals surface area contributed by atoms with E-state index in [1.165, 1.54) is 0 Å². The first-order valence-corrected chi connectivity index (χ1v) is 5.53. The Morgan fingerprint density at radius 3 is 2.71 bits per heavy atom. The summed E-state index contributed by atoms with van der Waals surface area (Å²) in [4.78, 5) is 8.62. The van der Waals surface area contributed by atoms with Crippen molar-refractivity contribution in [1.82, 2.24) is 15.3 Å². The number of pyridine rings is 2. The summed E-state index contributed by atoms with van der Waals surface area (Å²) in [6.07, 6.45) is 1.69. The number of nitrogens with two attached hydrogens (primary N) is 1. The molecule has 0 aliphatic heterocycles. The molecule has 0 aliphatic carbocycles. The van der Waals surface area contributed by atoms with Crippen LogP contribution in [0, 0.1) is 6.92 Å². The normalized spacial score (nSPS) is 12.4. The Hall–Kier alpha value is -1.94. The lowest BCUT2D eigenvalue weighted by atomic mass is 10.0. The van der Waals surface area contributed by atoms with E-state index < -0.39 is 0 Å². The zero-order valence-electron chi connectivity index (χ0n) is 10.0. The number of hydrogen-bond donors (Lipinski definition) is 2. The summed E-state index contributed by atoms with van der Waals surface area (Å²) < 4.78 is 0. The number of rotatable bonds is 3. The second-order valence-corrected chi connectivity index (χ2v) is 3.90. The first-order chi connectivity index (χ1) is 8.22. The summed E-state index contributed by atoms with van der Waals surface area (Å²) >= 11 is 0. The number of aromatic nitrogens is 2. The van der Waals surface area contributed by atoms with Gasteiger partial charge in [0.25, 0.3) is 0 Å². The molecule has 0 aromatic carbocycles. The highest BCUT2D eigenvalue weighted by Crippen LogP contribution is 2.23. The Kier molecular flexibility index (Phi) is 3.35. The van der Waals surface area contributed by atoms with Gasteiger partial charge in [-0.1, -0.05) is 12.1 Å². The lowest BCUT2D eigenvalue weighted by molar-refractivity contribution is 0.668. The van der Waals surface area contributed by atoms with E-state index in [1.54, 1.807) is 6.20 Å². The zero-order chi connectivity index (χ0) is 12.3. The molecular formula is C13H16N4. The minimum Gasteiger partial charge on any atom is -0.383 e. The van der Waals surface area contributed by atoms with Crippen LogP contribution < -0.4 is 11.1 Å². The van der Waals surface area contributed by atoms with Crippen LogP contribution in [-0.4, -0.2) is 17.0 Å². The van der Waals surface area contributed by atoms with E-state index in [0.29, 0.717) is 5.82 Å². The fraction of sp³-hybridized carbons (Fsp3) is 0.231. The van der Waals surface area contributed by atoms with Crippen molar-refractivity contribution in [1.29, 1.82) is 0 Å². The summed E-state index contributed by atoms with van der Waals surface area (Å²) in [5.74, 6) is 0.537. The molecule has 2 rings (SSSR count). The molecule has 17 heavy (non-hydrogen) atoms. The molecule has 2 aromatic heterocycles. The molecule has 2 heterocycles. The molecule has 4 heteroatoms. The predicted octanol–water partition coefficient (Wildman–Crippen LogP) is 1.68. The molecule has 2 aromatic rings. The van der Waals surface area contributed by atoms with Gasteiger partial charge in [-0.25, -0.2) is 4.98 Å². The van der Waals surface area contributed by atoms with Crippen molar-refractivity contribution in [3.05, 3.63) is 53.5 Å². The quantitative estimate of drug-likeness (QED) is 0.839. The third kappa shape index (κ3) is 2.42. The van der Waals surface area contributed by atoms with Crippen LogP contribution in [0.3, 0.4) is 0 Å². The lowest BCUT2D eigenvalue weighted by Crippen LogP contribution is -2.20. The van der Waals surface area contributed by atoms with Crippen molar-refractivity contribution in [2.45, 2.75) is 13.0 Å². The minimum absolute atomic E-state index is 0.0244. The average molecular weight is 228 g/mol. The van der Waals surface area contributed by atoms with Crippen LogP contribution in [0.15, 0.2) is 36.5 Å². The van der Waals surface area contributed by atoms with Crippen LogP contribution in [0.2, 0.25) is 0 Å². The molecule has 3 N–H and O–H groups in total. The van der Waals surface area contributed by atoms with Crippen LogP contribution in [0.1, 0.15) is 23.0 Å². The fourth-order valence-corrected chi connectivity index (χ4v) is 1.86. The van der Waals surface area contributed by atoms with E-state index in [9.17, 15) is 0 Å². The molecule has 0 amide bonds. The van der Waals surface area contributed by atoms with Crippen molar-refractivity contribution in [3.8, 4) is 0 Å². The van der Waals surface area contributed by atoms with Gasteiger partial charge in [-0.05, 0) is 32.2 Å². The molecule has 4 nitrogen and oxygen atoms in total. The maximum absolute atomic E-state index is 5.89. The molecule has 0 radical (unpaired) electrons. The minimum atomic E-state index is -0.0244. The predicted molar refractivity (Wildman–Crippen MR) is 68.5 cm³/mol. The molecule has 0 aliphatic rings. The van der Waals surface area contributed by atoms with Crippen molar-refractivity contribution >= 4 is 5.82 Å². The molecule has 1 atom stereocenters. The third-order valence-corrected chi connectivity index (χ3v) is 2.68. The molecule has 0 spiro atoms. The van der Waals surface area contributed by atoms with Crippen LogP contribution >= 0.6 is 0 Å². The van der Waals surface area contributed by atoms with Crippen LogP contribution in [-0.2, 0) is 0 Å². The number of hydrogen-bond acceptors (Lipinski definition) is 4. The number of aryl methyl sites for hydroxylation is 1. The SMILES string of the molecule is CNC(c1cccc(C)n1)c1cccnc1N. The Morgan fingerprint density at radius 1 is 1.24 bits per heavy atom. The first kappa shape index (κ1) is 11.5. The summed E-state index contributed by atoms with van der Waals surface area (Å²) in [6, 6.07) is 9.78. The van der Waals surface area contributed by atoms with Gasteiger partial charge in [0, 0.05) is 17.5 Å². The van der Waals surface area contributed by atoms with E-state index >= 15 is 0 Å². The second-order valence-electron chi connectivity index (χ2n) is 3.90. The number of nitrogen functional groups attached to an aromatic ring is 1. The smallest absolute Gasteiger partial charge is 0.128 e. The van der Waals surface area contributed by atoms with Crippen molar-refractivity contribution in [2.24, 2.45) is 0 Å². The van der Waals surface area contributed by atoms with Crippen LogP contribution in [0.5, 0.6) is 0 Å². The number of nitrogens with one attached hydrogen (secondary N) is 1. The van der Waals surface area contributed by atoms with Gasteiger partial charge >= 0.3 is 0 Å². The zero-order valence-corrected chi connectivity index (χ0v) is 10.0. The highest BCUT2D eigenvalue weighted by molar-refractivity contribution is 5.44. The molecular weight excluding hydrogens is 212 g/mol.